The van der Waals surface area contributed by atoms with Gasteiger partial charge in [0, 0.05) is 18.5 Å². The van der Waals surface area contributed by atoms with Gasteiger partial charge >= 0.3 is 5.97 Å². The molecule has 1 heterocycles. The Bertz CT molecular complexity index is 294. The normalized spacial score (nSPS) is 8.33. The summed E-state index contributed by atoms with van der Waals surface area (Å²) < 4.78 is 4.33. The van der Waals surface area contributed by atoms with E-state index in [-0.39, 0.29) is 13.2 Å². The summed E-state index contributed by atoms with van der Waals surface area (Å²) in [5, 5.41) is 8.10. The predicted octanol–water partition coefficient (Wildman–Crippen LogP) is 0.761. The van der Waals surface area contributed by atoms with Crippen LogP contribution in [0.4, 0.5) is 0 Å². The minimum Gasteiger partial charge on any atom is -0.460 e. The third kappa shape index (κ3) is 7.21. The molecule has 82 valence electrons. The van der Waals surface area contributed by atoms with Gasteiger partial charge in [-0.1, -0.05) is 13.2 Å². The van der Waals surface area contributed by atoms with Gasteiger partial charge in [0.05, 0.1) is 6.61 Å². The van der Waals surface area contributed by atoms with E-state index in [2.05, 4.69) is 27.9 Å². The zero-order valence-corrected chi connectivity index (χ0v) is 8.35. The molecule has 5 heteroatoms. The van der Waals surface area contributed by atoms with Crippen molar-refractivity contribution in [2.45, 2.75) is 0 Å². The number of carbonyl (C=O) groups is 1. The molecule has 0 radical (unpaired) electrons. The Labute approximate surface area is 88.1 Å². The molecule has 0 saturated heterocycles. The van der Waals surface area contributed by atoms with Gasteiger partial charge in [-0.2, -0.15) is 0 Å². The molecule has 0 saturated carbocycles. The summed E-state index contributed by atoms with van der Waals surface area (Å²) in [5.41, 5.74) is 0. The minimum absolute atomic E-state index is 0.0465. The Balaban J connectivity index is 0.000000262. The van der Waals surface area contributed by atoms with E-state index in [0.717, 1.165) is 11.9 Å². The van der Waals surface area contributed by atoms with Gasteiger partial charge in [0.2, 0.25) is 0 Å². The summed E-state index contributed by atoms with van der Waals surface area (Å²) in [4.78, 5) is 16.8. The first kappa shape index (κ1) is 13.1. The Morgan fingerprint density at radius 1 is 1.67 bits per heavy atom. The van der Waals surface area contributed by atoms with Crippen molar-refractivity contribution in [1.29, 1.82) is 0 Å². The summed E-state index contributed by atoms with van der Waals surface area (Å²) in [7, 11) is 0. The van der Waals surface area contributed by atoms with E-state index in [1.165, 1.54) is 0 Å². The van der Waals surface area contributed by atoms with Crippen molar-refractivity contribution in [2.24, 2.45) is 0 Å². The maximum atomic E-state index is 10.1. The largest absolute Gasteiger partial charge is 0.460 e. The molecule has 1 rings (SSSR count). The number of nitrogens with one attached hydrogen (secondary N) is 1. The van der Waals surface area contributed by atoms with Crippen LogP contribution in [0.2, 0.25) is 0 Å². The topological polar surface area (TPSA) is 75.2 Å². The number of aromatic amines is 1. The molecule has 0 spiro atoms. The van der Waals surface area contributed by atoms with Gasteiger partial charge in [-0.3, -0.25) is 0 Å². The molecular formula is C10H14N2O3. The van der Waals surface area contributed by atoms with Crippen LogP contribution in [0.5, 0.6) is 0 Å². The van der Waals surface area contributed by atoms with Crippen molar-refractivity contribution in [3.63, 3.8) is 0 Å². The van der Waals surface area contributed by atoms with Crippen LogP contribution < -0.4 is 0 Å². The standard InChI is InChI=1S/C5H6N2.C5H8O3/c1-2-5-6-3-4-7-5;1-2-5(7)8-4-3-6/h2-4H,1H2,(H,6,7);2,6H,1,3-4H2. The quantitative estimate of drug-likeness (QED) is 0.568. The molecule has 0 amide bonds. The minimum atomic E-state index is -0.501. The lowest BCUT2D eigenvalue weighted by molar-refractivity contribution is -0.138. The summed E-state index contributed by atoms with van der Waals surface area (Å²) in [5.74, 6) is 0.319. The molecule has 0 bridgehead atoms. The number of rotatable bonds is 4. The van der Waals surface area contributed by atoms with Crippen LogP contribution in [0.3, 0.4) is 0 Å². The van der Waals surface area contributed by atoms with Crippen LogP contribution in [-0.4, -0.2) is 34.3 Å². The molecule has 0 fully saturated rings. The monoisotopic (exact) mass is 210 g/mol. The summed E-state index contributed by atoms with van der Waals surface area (Å²) >= 11 is 0. The first-order chi connectivity index (χ1) is 7.24. The van der Waals surface area contributed by atoms with Gasteiger partial charge in [0.15, 0.2) is 0 Å². The molecule has 0 atom stereocenters. The fourth-order valence-electron chi connectivity index (χ4n) is 0.594. The Hall–Kier alpha value is -1.88. The number of aliphatic hydroxyl groups is 1. The second-order valence-corrected chi connectivity index (χ2v) is 2.27. The fourth-order valence-corrected chi connectivity index (χ4v) is 0.594. The highest BCUT2D eigenvalue weighted by atomic mass is 16.5. The average molecular weight is 210 g/mol. The van der Waals surface area contributed by atoms with Gasteiger partial charge in [0.25, 0.3) is 0 Å². The van der Waals surface area contributed by atoms with E-state index in [0.29, 0.717) is 0 Å². The van der Waals surface area contributed by atoms with E-state index in [1.54, 1.807) is 18.5 Å². The van der Waals surface area contributed by atoms with Crippen molar-refractivity contribution in [3.05, 3.63) is 37.5 Å². The van der Waals surface area contributed by atoms with Crippen LogP contribution in [-0.2, 0) is 9.53 Å². The van der Waals surface area contributed by atoms with Gasteiger partial charge in [-0.05, 0) is 6.08 Å². The van der Waals surface area contributed by atoms with Gasteiger partial charge in [-0.15, -0.1) is 0 Å². The second-order valence-electron chi connectivity index (χ2n) is 2.27. The van der Waals surface area contributed by atoms with Crippen molar-refractivity contribution in [1.82, 2.24) is 9.97 Å². The van der Waals surface area contributed by atoms with Crippen LogP contribution in [0.15, 0.2) is 31.6 Å². The van der Waals surface area contributed by atoms with Crippen molar-refractivity contribution in [2.75, 3.05) is 13.2 Å². The number of hydrogen-bond acceptors (Lipinski definition) is 4. The Morgan fingerprint density at radius 2 is 2.40 bits per heavy atom. The first-order valence-corrected chi connectivity index (χ1v) is 4.26. The highest BCUT2D eigenvalue weighted by Gasteiger charge is 1.90. The van der Waals surface area contributed by atoms with Crippen LogP contribution in [0.1, 0.15) is 5.82 Å². The molecule has 1 aromatic rings. The zero-order chi connectivity index (χ0) is 11.5. The van der Waals surface area contributed by atoms with E-state index in [9.17, 15) is 4.79 Å². The molecule has 2 N–H and O–H groups in total. The van der Waals surface area contributed by atoms with E-state index < -0.39 is 5.97 Å². The smallest absolute Gasteiger partial charge is 0.330 e. The molecule has 0 aromatic carbocycles. The second kappa shape index (κ2) is 8.71. The maximum absolute atomic E-state index is 10.1. The van der Waals surface area contributed by atoms with Crippen molar-refractivity contribution >= 4 is 12.0 Å². The average Bonchev–Trinajstić information content (AvgIpc) is 2.79. The number of carbonyl (C=O) groups excluding carboxylic acids is 1. The Morgan fingerprint density at radius 3 is 2.73 bits per heavy atom. The first-order valence-electron chi connectivity index (χ1n) is 4.26. The lowest BCUT2D eigenvalue weighted by Crippen LogP contribution is -2.04. The van der Waals surface area contributed by atoms with Crippen molar-refractivity contribution in [3.8, 4) is 0 Å². The zero-order valence-electron chi connectivity index (χ0n) is 8.35. The van der Waals surface area contributed by atoms with Crippen LogP contribution in [0, 0.1) is 0 Å². The van der Waals surface area contributed by atoms with E-state index >= 15 is 0 Å². The van der Waals surface area contributed by atoms with Crippen LogP contribution in [0.25, 0.3) is 6.08 Å². The molecular weight excluding hydrogens is 196 g/mol. The number of hydrogen-bond donors (Lipinski definition) is 2. The van der Waals surface area contributed by atoms with Crippen molar-refractivity contribution < 1.29 is 14.6 Å². The SMILES string of the molecule is C=CC(=O)OCCO.C=Cc1ncc[nH]1. The predicted molar refractivity (Wildman–Crippen MR) is 56.9 cm³/mol. The maximum Gasteiger partial charge on any atom is 0.330 e. The number of aliphatic hydroxyl groups excluding tert-OH is 1. The molecule has 1 aromatic heterocycles. The van der Waals surface area contributed by atoms with Crippen LogP contribution >= 0.6 is 0 Å². The molecule has 0 aliphatic carbocycles. The highest BCUT2D eigenvalue weighted by molar-refractivity contribution is 5.81. The summed E-state index contributed by atoms with van der Waals surface area (Å²) in [6.07, 6.45) is 6.17. The number of H-pyrrole nitrogens is 1. The van der Waals surface area contributed by atoms with E-state index in [4.69, 9.17) is 5.11 Å². The molecule has 5 nitrogen and oxygen atoms in total. The third-order valence-corrected chi connectivity index (χ3v) is 1.21. The lowest BCUT2D eigenvalue weighted by atomic mass is 10.6. The highest BCUT2D eigenvalue weighted by Crippen LogP contribution is 1.86. The van der Waals surface area contributed by atoms with Gasteiger partial charge in [0.1, 0.15) is 12.4 Å². The lowest BCUT2D eigenvalue weighted by Gasteiger charge is -1.94. The Kier molecular flexibility index (Phi) is 7.62. The number of ether oxygens (including phenoxy) is 1. The molecule has 15 heavy (non-hydrogen) atoms. The number of esters is 1. The summed E-state index contributed by atoms with van der Waals surface area (Å²) in [6.45, 7) is 6.57. The molecule has 0 unspecified atom stereocenters. The fraction of sp³-hybridized carbons (Fsp3) is 0.200. The van der Waals surface area contributed by atoms with Gasteiger partial charge < -0.3 is 14.8 Å². The molecule has 0 aliphatic heterocycles. The number of imidazole rings is 1. The molecule has 0 aliphatic rings. The number of nitrogens with zero attached hydrogens (tertiary/aromatic N) is 1. The third-order valence-electron chi connectivity index (χ3n) is 1.21. The summed E-state index contributed by atoms with van der Waals surface area (Å²) in [6, 6.07) is 0. The van der Waals surface area contributed by atoms with Gasteiger partial charge in [-0.25, -0.2) is 9.78 Å². The van der Waals surface area contributed by atoms with E-state index in [1.807, 2.05) is 0 Å². The number of aromatic nitrogens is 2.